The molecule has 1 heterocycles. The number of amides is 1. The molecule has 1 unspecified atom stereocenters. The van der Waals surface area contributed by atoms with E-state index in [-0.39, 0.29) is 12.0 Å². The molecule has 0 fully saturated rings. The van der Waals surface area contributed by atoms with Crippen LogP contribution in [0.5, 0.6) is 5.75 Å². The summed E-state index contributed by atoms with van der Waals surface area (Å²) in [6.45, 7) is 3.75. The van der Waals surface area contributed by atoms with Crippen LogP contribution >= 0.6 is 11.3 Å². The first kappa shape index (κ1) is 16.6. The van der Waals surface area contributed by atoms with Gasteiger partial charge in [-0.05, 0) is 36.4 Å². The second-order valence-electron chi connectivity index (χ2n) is 5.34. The standard InChI is InChI=1S/C18H23NO2S/c1-4-5-10-17(18-11-7-12-22-18)21-16-9-6-8-15(13-16)19(3)14(2)20/h6-9,11-13,17H,4-5,10H2,1-3H3. The van der Waals surface area contributed by atoms with Crippen LogP contribution in [0.25, 0.3) is 0 Å². The average Bonchev–Trinajstić information content (AvgIpc) is 3.05. The largest absolute Gasteiger partial charge is 0.485 e. The number of hydrogen-bond donors (Lipinski definition) is 0. The molecule has 4 heteroatoms. The first-order valence-corrected chi connectivity index (χ1v) is 8.54. The van der Waals surface area contributed by atoms with Crippen molar-refractivity contribution in [3.63, 3.8) is 0 Å². The summed E-state index contributed by atoms with van der Waals surface area (Å²) in [5, 5.41) is 2.08. The molecule has 118 valence electrons. The number of nitrogens with zero attached hydrogens (tertiary/aromatic N) is 1. The van der Waals surface area contributed by atoms with Crippen LogP contribution in [0.3, 0.4) is 0 Å². The zero-order valence-corrected chi connectivity index (χ0v) is 14.2. The summed E-state index contributed by atoms with van der Waals surface area (Å²) < 4.78 is 6.20. The molecule has 22 heavy (non-hydrogen) atoms. The molecule has 1 aromatic carbocycles. The Morgan fingerprint density at radius 2 is 2.14 bits per heavy atom. The van der Waals surface area contributed by atoms with Crippen molar-refractivity contribution in [1.82, 2.24) is 0 Å². The van der Waals surface area contributed by atoms with E-state index in [0.29, 0.717) is 0 Å². The molecule has 1 amide bonds. The Bertz CT molecular complexity index is 595. The minimum Gasteiger partial charge on any atom is -0.485 e. The van der Waals surface area contributed by atoms with E-state index in [9.17, 15) is 4.79 Å². The van der Waals surface area contributed by atoms with Gasteiger partial charge in [0.05, 0.1) is 0 Å². The number of hydrogen-bond acceptors (Lipinski definition) is 3. The predicted molar refractivity (Wildman–Crippen MR) is 92.7 cm³/mol. The van der Waals surface area contributed by atoms with Crippen molar-refractivity contribution >= 4 is 22.9 Å². The van der Waals surface area contributed by atoms with E-state index < -0.39 is 0 Å². The van der Waals surface area contributed by atoms with Crippen molar-refractivity contribution < 1.29 is 9.53 Å². The van der Waals surface area contributed by atoms with Crippen LogP contribution < -0.4 is 9.64 Å². The van der Waals surface area contributed by atoms with Gasteiger partial charge in [0, 0.05) is 30.6 Å². The molecule has 2 aromatic rings. The molecule has 0 radical (unpaired) electrons. The summed E-state index contributed by atoms with van der Waals surface area (Å²) in [5.74, 6) is 0.818. The molecule has 2 rings (SSSR count). The maximum atomic E-state index is 11.5. The monoisotopic (exact) mass is 317 g/mol. The molecule has 0 aliphatic heterocycles. The van der Waals surface area contributed by atoms with E-state index >= 15 is 0 Å². The Hall–Kier alpha value is -1.81. The van der Waals surface area contributed by atoms with Crippen LogP contribution in [0.1, 0.15) is 44.1 Å². The van der Waals surface area contributed by atoms with Crippen LogP contribution in [-0.2, 0) is 4.79 Å². The normalized spacial score (nSPS) is 12.0. The fraction of sp³-hybridized carbons (Fsp3) is 0.389. The fourth-order valence-electron chi connectivity index (χ4n) is 2.23. The number of benzene rings is 1. The number of ether oxygens (including phenoxy) is 1. The molecule has 1 atom stereocenters. The number of carbonyl (C=O) groups is 1. The summed E-state index contributed by atoms with van der Waals surface area (Å²) >= 11 is 1.73. The molecular formula is C18H23NO2S. The number of rotatable bonds is 7. The van der Waals surface area contributed by atoms with Crippen LogP contribution in [0.4, 0.5) is 5.69 Å². The Morgan fingerprint density at radius 3 is 2.77 bits per heavy atom. The quantitative estimate of drug-likeness (QED) is 0.716. The van der Waals surface area contributed by atoms with Crippen molar-refractivity contribution in [1.29, 1.82) is 0 Å². The van der Waals surface area contributed by atoms with Gasteiger partial charge in [0.25, 0.3) is 0 Å². The molecule has 0 aliphatic carbocycles. The van der Waals surface area contributed by atoms with Gasteiger partial charge in [0.15, 0.2) is 0 Å². The Labute approximate surface area is 136 Å². The fourth-order valence-corrected chi connectivity index (χ4v) is 3.02. The topological polar surface area (TPSA) is 29.5 Å². The van der Waals surface area contributed by atoms with E-state index in [2.05, 4.69) is 24.4 Å². The van der Waals surface area contributed by atoms with E-state index in [1.165, 1.54) is 4.88 Å². The highest BCUT2D eigenvalue weighted by Crippen LogP contribution is 2.31. The Balaban J connectivity index is 2.16. The van der Waals surface area contributed by atoms with Gasteiger partial charge in [-0.1, -0.05) is 25.5 Å². The predicted octanol–water partition coefficient (Wildman–Crippen LogP) is 5.04. The lowest BCUT2D eigenvalue weighted by Crippen LogP contribution is -2.22. The number of carbonyl (C=O) groups excluding carboxylic acids is 1. The zero-order chi connectivity index (χ0) is 15.9. The van der Waals surface area contributed by atoms with Crippen molar-refractivity contribution in [2.24, 2.45) is 0 Å². The van der Waals surface area contributed by atoms with Gasteiger partial charge >= 0.3 is 0 Å². The Morgan fingerprint density at radius 1 is 1.32 bits per heavy atom. The molecule has 3 nitrogen and oxygen atoms in total. The summed E-state index contributed by atoms with van der Waals surface area (Å²) in [7, 11) is 1.77. The second-order valence-corrected chi connectivity index (χ2v) is 6.32. The van der Waals surface area contributed by atoms with E-state index in [1.54, 1.807) is 30.2 Å². The van der Waals surface area contributed by atoms with Crippen LogP contribution in [-0.4, -0.2) is 13.0 Å². The highest BCUT2D eigenvalue weighted by atomic mass is 32.1. The van der Waals surface area contributed by atoms with Gasteiger partial charge in [0.1, 0.15) is 11.9 Å². The third kappa shape index (κ3) is 4.34. The third-order valence-corrected chi connectivity index (χ3v) is 4.60. The molecule has 0 spiro atoms. The van der Waals surface area contributed by atoms with Gasteiger partial charge in [-0.2, -0.15) is 0 Å². The van der Waals surface area contributed by atoms with Crippen molar-refractivity contribution in [2.75, 3.05) is 11.9 Å². The molecular weight excluding hydrogens is 294 g/mol. The van der Waals surface area contributed by atoms with Gasteiger partial charge in [-0.3, -0.25) is 4.79 Å². The number of anilines is 1. The van der Waals surface area contributed by atoms with Crippen LogP contribution in [0, 0.1) is 0 Å². The molecule has 0 bridgehead atoms. The second kappa shape index (κ2) is 7.99. The minimum absolute atomic E-state index is 0.0120. The summed E-state index contributed by atoms with van der Waals surface area (Å²) in [6, 6.07) is 11.9. The maximum Gasteiger partial charge on any atom is 0.223 e. The third-order valence-electron chi connectivity index (χ3n) is 3.64. The summed E-state index contributed by atoms with van der Waals surface area (Å²) in [4.78, 5) is 14.4. The molecule has 0 N–H and O–H groups in total. The lowest BCUT2D eigenvalue weighted by molar-refractivity contribution is -0.116. The lowest BCUT2D eigenvalue weighted by Gasteiger charge is -2.20. The first-order valence-electron chi connectivity index (χ1n) is 7.66. The molecule has 0 aliphatic rings. The van der Waals surface area contributed by atoms with Crippen molar-refractivity contribution in [2.45, 2.75) is 39.2 Å². The highest BCUT2D eigenvalue weighted by molar-refractivity contribution is 7.10. The van der Waals surface area contributed by atoms with Crippen molar-refractivity contribution in [3.05, 3.63) is 46.7 Å². The molecule has 0 saturated heterocycles. The zero-order valence-electron chi connectivity index (χ0n) is 13.4. The Kier molecular flexibility index (Phi) is 6.01. The first-order chi connectivity index (χ1) is 10.6. The van der Waals surface area contributed by atoms with Crippen molar-refractivity contribution in [3.8, 4) is 5.75 Å². The van der Waals surface area contributed by atoms with E-state index in [1.807, 2.05) is 24.3 Å². The SMILES string of the molecule is CCCCC(Oc1cccc(N(C)C(C)=O)c1)c1cccs1. The van der Waals surface area contributed by atoms with Gasteiger partial charge < -0.3 is 9.64 Å². The maximum absolute atomic E-state index is 11.5. The van der Waals surface area contributed by atoms with Crippen LogP contribution in [0.15, 0.2) is 41.8 Å². The lowest BCUT2D eigenvalue weighted by atomic mass is 10.1. The molecule has 1 aromatic heterocycles. The minimum atomic E-state index is 0.0120. The highest BCUT2D eigenvalue weighted by Gasteiger charge is 2.15. The number of thiophene rings is 1. The molecule has 0 saturated carbocycles. The average molecular weight is 317 g/mol. The smallest absolute Gasteiger partial charge is 0.223 e. The van der Waals surface area contributed by atoms with Gasteiger partial charge in [-0.15, -0.1) is 11.3 Å². The van der Waals surface area contributed by atoms with E-state index in [0.717, 1.165) is 30.7 Å². The van der Waals surface area contributed by atoms with Gasteiger partial charge in [-0.25, -0.2) is 0 Å². The summed E-state index contributed by atoms with van der Waals surface area (Å²) in [5.41, 5.74) is 0.852. The van der Waals surface area contributed by atoms with Crippen LogP contribution in [0.2, 0.25) is 0 Å². The number of unbranched alkanes of at least 4 members (excludes halogenated alkanes) is 1. The summed E-state index contributed by atoms with van der Waals surface area (Å²) in [6.07, 6.45) is 3.37. The van der Waals surface area contributed by atoms with E-state index in [4.69, 9.17) is 4.74 Å². The van der Waals surface area contributed by atoms with Gasteiger partial charge in [0.2, 0.25) is 5.91 Å².